The molecule has 2 N–H and O–H groups in total. The maximum absolute atomic E-state index is 13.7. The van der Waals surface area contributed by atoms with E-state index in [0.29, 0.717) is 35.6 Å². The van der Waals surface area contributed by atoms with Crippen molar-refractivity contribution in [1.29, 1.82) is 0 Å². The number of aromatic nitrogens is 2. The van der Waals surface area contributed by atoms with Crippen LogP contribution >= 0.6 is 0 Å². The van der Waals surface area contributed by atoms with Gasteiger partial charge in [0.1, 0.15) is 5.82 Å². The molecular formula is C17H17FN4O2. The fourth-order valence-electron chi connectivity index (χ4n) is 3.43. The van der Waals surface area contributed by atoms with E-state index >= 15 is 0 Å². The minimum atomic E-state index is -0.500. The Kier molecular flexibility index (Phi) is 3.19. The summed E-state index contributed by atoms with van der Waals surface area (Å²) >= 11 is 0. The molecule has 2 heterocycles. The smallest absolute Gasteiger partial charge is 0.219 e. The predicted octanol–water partition coefficient (Wildman–Crippen LogP) is 3.43. The third-order valence-corrected chi connectivity index (χ3v) is 4.43. The molecule has 1 aromatic heterocycles. The molecule has 2 aliphatic rings. The van der Waals surface area contributed by atoms with Gasteiger partial charge in [-0.15, -0.1) is 0 Å². The molecule has 0 amide bonds. The molecule has 1 aromatic carbocycles. The number of nitrogens with one attached hydrogen (secondary N) is 2. The summed E-state index contributed by atoms with van der Waals surface area (Å²) in [7, 11) is 0. The van der Waals surface area contributed by atoms with Gasteiger partial charge in [0.25, 0.3) is 0 Å². The summed E-state index contributed by atoms with van der Waals surface area (Å²) in [6.45, 7) is 4.10. The number of hydrogen-bond acceptors (Lipinski definition) is 6. The summed E-state index contributed by atoms with van der Waals surface area (Å²) in [6, 6.07) is 5.72. The van der Waals surface area contributed by atoms with Gasteiger partial charge in [0.15, 0.2) is 5.78 Å². The van der Waals surface area contributed by atoms with Crippen LogP contribution in [0.25, 0.3) is 0 Å². The normalized spacial score (nSPS) is 22.1. The lowest BCUT2D eigenvalue weighted by atomic mass is 9.73. The van der Waals surface area contributed by atoms with Crippen molar-refractivity contribution in [3.05, 3.63) is 46.9 Å². The average molecular weight is 328 g/mol. The molecule has 0 spiro atoms. The van der Waals surface area contributed by atoms with Gasteiger partial charge in [-0.3, -0.25) is 4.79 Å². The number of allylic oxidation sites excluding steroid dienone is 1. The van der Waals surface area contributed by atoms with E-state index in [9.17, 15) is 9.18 Å². The number of anilines is 2. The quantitative estimate of drug-likeness (QED) is 0.835. The zero-order valence-corrected chi connectivity index (χ0v) is 13.4. The number of hydrogen-bond donors (Lipinski definition) is 2. The molecule has 2 aromatic rings. The van der Waals surface area contributed by atoms with Crippen molar-refractivity contribution >= 4 is 17.4 Å². The van der Waals surface area contributed by atoms with Gasteiger partial charge in [0.2, 0.25) is 11.6 Å². The van der Waals surface area contributed by atoms with Crippen molar-refractivity contribution in [2.24, 2.45) is 5.41 Å². The molecule has 124 valence electrons. The second-order valence-corrected chi connectivity index (χ2v) is 7.05. The lowest BCUT2D eigenvalue weighted by Gasteiger charge is -2.33. The molecule has 1 aliphatic heterocycles. The van der Waals surface area contributed by atoms with Crippen LogP contribution in [0.3, 0.4) is 0 Å². The van der Waals surface area contributed by atoms with Crippen LogP contribution < -0.4 is 10.6 Å². The molecule has 6 nitrogen and oxygen atoms in total. The van der Waals surface area contributed by atoms with Gasteiger partial charge in [-0.25, -0.2) is 9.02 Å². The van der Waals surface area contributed by atoms with E-state index in [1.54, 1.807) is 12.1 Å². The molecule has 0 saturated carbocycles. The maximum Gasteiger partial charge on any atom is 0.219 e. The number of halogens is 1. The third-order valence-electron chi connectivity index (χ3n) is 4.43. The van der Waals surface area contributed by atoms with E-state index in [2.05, 4.69) is 20.9 Å². The number of ketones is 1. The first-order chi connectivity index (χ1) is 11.4. The molecule has 0 bridgehead atoms. The highest BCUT2D eigenvalue weighted by Crippen LogP contribution is 2.44. The van der Waals surface area contributed by atoms with Crippen LogP contribution in [0.4, 0.5) is 16.0 Å². The Hall–Kier alpha value is -2.70. The van der Waals surface area contributed by atoms with Gasteiger partial charge in [0, 0.05) is 17.7 Å². The van der Waals surface area contributed by atoms with Crippen LogP contribution in [0.2, 0.25) is 0 Å². The van der Waals surface area contributed by atoms with Crippen molar-refractivity contribution < 1.29 is 13.8 Å². The number of carbonyl (C=O) groups is 1. The molecule has 0 saturated heterocycles. The highest BCUT2D eigenvalue weighted by Gasteiger charge is 2.39. The molecule has 4 rings (SSSR count). The zero-order chi connectivity index (χ0) is 16.9. The average Bonchev–Trinajstić information content (AvgIpc) is 2.85. The Morgan fingerprint density at radius 3 is 2.83 bits per heavy atom. The summed E-state index contributed by atoms with van der Waals surface area (Å²) < 4.78 is 18.5. The summed E-state index contributed by atoms with van der Waals surface area (Å²) in [5.74, 6) is 0.532. The lowest BCUT2D eigenvalue weighted by Crippen LogP contribution is -2.31. The van der Waals surface area contributed by atoms with Crippen molar-refractivity contribution in [2.45, 2.75) is 32.7 Å². The highest BCUT2D eigenvalue weighted by atomic mass is 19.1. The Morgan fingerprint density at radius 1 is 1.25 bits per heavy atom. The van der Waals surface area contributed by atoms with Gasteiger partial charge in [-0.05, 0) is 39.8 Å². The van der Waals surface area contributed by atoms with E-state index < -0.39 is 6.04 Å². The van der Waals surface area contributed by atoms with Crippen LogP contribution in [0.1, 0.15) is 38.3 Å². The summed E-state index contributed by atoms with van der Waals surface area (Å²) in [4.78, 5) is 12.8. The van der Waals surface area contributed by atoms with Crippen LogP contribution in [0.5, 0.6) is 0 Å². The molecule has 0 radical (unpaired) electrons. The van der Waals surface area contributed by atoms with Crippen molar-refractivity contribution in [1.82, 2.24) is 10.3 Å². The van der Waals surface area contributed by atoms with Crippen molar-refractivity contribution in [3.63, 3.8) is 0 Å². The molecule has 1 aliphatic carbocycles. The van der Waals surface area contributed by atoms with Crippen molar-refractivity contribution in [3.8, 4) is 0 Å². The van der Waals surface area contributed by atoms with Crippen LogP contribution in [-0.2, 0) is 4.79 Å². The first-order valence-corrected chi connectivity index (χ1v) is 7.81. The van der Waals surface area contributed by atoms with Crippen LogP contribution in [0.15, 0.2) is 40.2 Å². The van der Waals surface area contributed by atoms with Crippen molar-refractivity contribution in [2.75, 3.05) is 10.6 Å². The van der Waals surface area contributed by atoms with Gasteiger partial charge >= 0.3 is 0 Å². The summed E-state index contributed by atoms with van der Waals surface area (Å²) in [6.07, 6.45) is 1.13. The molecule has 0 fully saturated rings. The molecule has 7 heteroatoms. The van der Waals surface area contributed by atoms with E-state index in [1.165, 1.54) is 12.1 Å². The Balaban J connectivity index is 1.88. The molecule has 24 heavy (non-hydrogen) atoms. The third kappa shape index (κ3) is 2.46. The summed E-state index contributed by atoms with van der Waals surface area (Å²) in [5.41, 5.74) is 1.90. The topological polar surface area (TPSA) is 80.1 Å². The first kappa shape index (κ1) is 14.9. The molecule has 0 unspecified atom stereocenters. The van der Waals surface area contributed by atoms with Gasteiger partial charge < -0.3 is 10.6 Å². The zero-order valence-electron chi connectivity index (χ0n) is 13.4. The second-order valence-electron chi connectivity index (χ2n) is 7.05. The van der Waals surface area contributed by atoms with E-state index in [4.69, 9.17) is 4.63 Å². The van der Waals surface area contributed by atoms with Gasteiger partial charge in [0.05, 0.1) is 6.04 Å². The van der Waals surface area contributed by atoms with Gasteiger partial charge in [-0.1, -0.05) is 26.0 Å². The molecule has 1 atom stereocenters. The maximum atomic E-state index is 13.7. The largest absolute Gasteiger partial charge is 0.353 e. The fourth-order valence-corrected chi connectivity index (χ4v) is 3.43. The first-order valence-electron chi connectivity index (χ1n) is 7.81. The van der Waals surface area contributed by atoms with Gasteiger partial charge in [-0.2, -0.15) is 0 Å². The number of Topliss-reactive ketones (excluding diaryl/α,β-unsaturated/α-hetero) is 1. The standard InChI is InChI=1S/C17H17FN4O2/c1-17(2)7-11-13(12(23)8-17)14(9-4-3-5-10(18)6-9)20-16-15(19-11)21-24-22-16/h3-6,14H,7-8H2,1-2H3,(H,19,21)(H,20,22)/t14-/m0/s1. The number of benzene rings is 1. The van der Waals surface area contributed by atoms with E-state index in [1.807, 2.05) is 13.8 Å². The van der Waals surface area contributed by atoms with Crippen LogP contribution in [-0.4, -0.2) is 16.1 Å². The number of rotatable bonds is 1. The van der Waals surface area contributed by atoms with E-state index in [0.717, 1.165) is 5.70 Å². The fraction of sp³-hybridized carbons (Fsp3) is 0.353. The summed E-state index contributed by atoms with van der Waals surface area (Å²) in [5, 5.41) is 14.0. The highest BCUT2D eigenvalue weighted by molar-refractivity contribution is 6.00. The monoisotopic (exact) mass is 328 g/mol. The number of nitrogens with zero attached hydrogens (tertiary/aromatic N) is 2. The molecular weight excluding hydrogens is 311 g/mol. The Bertz CT molecular complexity index is 856. The van der Waals surface area contributed by atoms with E-state index in [-0.39, 0.29) is 17.0 Å². The second kappa shape index (κ2) is 5.15. The Labute approximate surface area is 138 Å². The SMILES string of the molecule is CC1(C)CC(=O)C2=C(C1)Nc1nonc1N[C@H]2c1cccc(F)c1. The predicted molar refractivity (Wildman–Crippen MR) is 85.7 cm³/mol. The minimum Gasteiger partial charge on any atom is -0.353 e. The number of fused-ring (bicyclic) bond motifs is 1. The van der Waals surface area contributed by atoms with Crippen LogP contribution in [0, 0.1) is 11.2 Å². The lowest BCUT2D eigenvalue weighted by molar-refractivity contribution is -0.118. The number of carbonyl (C=O) groups excluding carboxylic acids is 1. The Morgan fingerprint density at radius 2 is 2.04 bits per heavy atom. The minimum absolute atomic E-state index is 0.0394.